The van der Waals surface area contributed by atoms with E-state index >= 15 is 0 Å². The summed E-state index contributed by atoms with van der Waals surface area (Å²) in [6.45, 7) is 3.70. The summed E-state index contributed by atoms with van der Waals surface area (Å²) in [6.07, 6.45) is 6.17. The van der Waals surface area contributed by atoms with Crippen molar-refractivity contribution in [3.63, 3.8) is 0 Å². The second-order valence-electron chi connectivity index (χ2n) is 3.00. The Kier molecular flexibility index (Phi) is 7.90. The SMILES string of the molecule is C#CCCNC(CN)CC(=O)NCC. The zero-order valence-electron chi connectivity index (χ0n) is 8.68. The molecule has 0 aliphatic carbocycles. The van der Waals surface area contributed by atoms with Crippen LogP contribution in [-0.4, -0.2) is 31.6 Å². The Balaban J connectivity index is 3.68. The molecule has 14 heavy (non-hydrogen) atoms. The van der Waals surface area contributed by atoms with Crippen LogP contribution in [0.1, 0.15) is 19.8 Å². The van der Waals surface area contributed by atoms with Gasteiger partial charge >= 0.3 is 0 Å². The lowest BCUT2D eigenvalue weighted by molar-refractivity contribution is -0.121. The number of rotatable bonds is 7. The van der Waals surface area contributed by atoms with Crippen LogP contribution in [0.4, 0.5) is 0 Å². The Morgan fingerprint density at radius 1 is 1.64 bits per heavy atom. The highest BCUT2D eigenvalue weighted by Gasteiger charge is 2.09. The molecule has 0 aliphatic rings. The van der Waals surface area contributed by atoms with Gasteiger partial charge in [0.2, 0.25) is 5.91 Å². The van der Waals surface area contributed by atoms with Crippen molar-refractivity contribution >= 4 is 5.91 Å². The van der Waals surface area contributed by atoms with E-state index < -0.39 is 0 Å². The van der Waals surface area contributed by atoms with Crippen molar-refractivity contribution < 1.29 is 4.79 Å². The molecule has 0 saturated carbocycles. The van der Waals surface area contributed by atoms with E-state index in [1.54, 1.807) is 0 Å². The third-order valence-corrected chi connectivity index (χ3v) is 1.79. The Labute approximate surface area is 85.6 Å². The third kappa shape index (κ3) is 6.46. The summed E-state index contributed by atoms with van der Waals surface area (Å²) in [4.78, 5) is 11.2. The van der Waals surface area contributed by atoms with Gasteiger partial charge in [0.25, 0.3) is 0 Å². The van der Waals surface area contributed by atoms with Gasteiger partial charge in [-0.2, -0.15) is 0 Å². The van der Waals surface area contributed by atoms with Crippen LogP contribution < -0.4 is 16.4 Å². The molecule has 1 amide bonds. The van der Waals surface area contributed by atoms with Crippen molar-refractivity contribution in [3.05, 3.63) is 0 Å². The molecule has 0 saturated heterocycles. The quantitative estimate of drug-likeness (QED) is 0.379. The van der Waals surface area contributed by atoms with E-state index in [1.807, 2.05) is 6.92 Å². The average Bonchev–Trinajstić information content (AvgIpc) is 2.17. The molecule has 80 valence electrons. The molecule has 0 aromatic heterocycles. The van der Waals surface area contributed by atoms with E-state index in [0.717, 1.165) is 0 Å². The molecule has 0 aromatic rings. The second kappa shape index (κ2) is 8.54. The van der Waals surface area contributed by atoms with E-state index in [-0.39, 0.29) is 11.9 Å². The van der Waals surface area contributed by atoms with E-state index in [0.29, 0.717) is 32.5 Å². The predicted molar refractivity (Wildman–Crippen MR) is 57.6 cm³/mol. The fourth-order valence-corrected chi connectivity index (χ4v) is 1.08. The molecule has 4 N–H and O–H groups in total. The second-order valence-corrected chi connectivity index (χ2v) is 3.00. The molecule has 1 unspecified atom stereocenters. The fourth-order valence-electron chi connectivity index (χ4n) is 1.08. The highest BCUT2D eigenvalue weighted by molar-refractivity contribution is 5.76. The fraction of sp³-hybridized carbons (Fsp3) is 0.700. The van der Waals surface area contributed by atoms with E-state index in [1.165, 1.54) is 0 Å². The first kappa shape index (κ1) is 12.9. The molecular formula is C10H19N3O. The van der Waals surface area contributed by atoms with Gasteiger partial charge in [0.05, 0.1) is 0 Å². The van der Waals surface area contributed by atoms with Crippen molar-refractivity contribution in [1.82, 2.24) is 10.6 Å². The summed E-state index contributed by atoms with van der Waals surface area (Å²) >= 11 is 0. The summed E-state index contributed by atoms with van der Waals surface area (Å²) < 4.78 is 0. The van der Waals surface area contributed by atoms with Gasteiger partial charge in [-0.1, -0.05) is 0 Å². The number of terminal acetylenes is 1. The number of carbonyl (C=O) groups excluding carboxylic acids is 1. The maximum absolute atomic E-state index is 11.2. The van der Waals surface area contributed by atoms with Gasteiger partial charge in [-0.3, -0.25) is 4.79 Å². The number of amides is 1. The van der Waals surface area contributed by atoms with E-state index in [9.17, 15) is 4.79 Å². The van der Waals surface area contributed by atoms with E-state index in [4.69, 9.17) is 12.2 Å². The molecule has 0 rings (SSSR count). The first-order valence-corrected chi connectivity index (χ1v) is 4.88. The van der Waals surface area contributed by atoms with Crippen LogP contribution in [0.2, 0.25) is 0 Å². The van der Waals surface area contributed by atoms with Gasteiger partial charge in [-0.15, -0.1) is 12.3 Å². The molecule has 1 atom stereocenters. The van der Waals surface area contributed by atoms with Gasteiger partial charge < -0.3 is 16.4 Å². The lowest BCUT2D eigenvalue weighted by Gasteiger charge is -2.15. The molecule has 0 heterocycles. The number of hydrogen-bond donors (Lipinski definition) is 3. The molecule has 0 spiro atoms. The summed E-state index contributed by atoms with van der Waals surface area (Å²) in [5, 5.41) is 5.86. The highest BCUT2D eigenvalue weighted by Crippen LogP contribution is 1.90. The van der Waals surface area contributed by atoms with Crippen LogP contribution in [0.25, 0.3) is 0 Å². The van der Waals surface area contributed by atoms with Crippen LogP contribution in [0.3, 0.4) is 0 Å². The highest BCUT2D eigenvalue weighted by atomic mass is 16.1. The molecule has 4 nitrogen and oxygen atoms in total. The van der Waals surface area contributed by atoms with Crippen molar-refractivity contribution in [2.75, 3.05) is 19.6 Å². The normalized spacial score (nSPS) is 11.8. The van der Waals surface area contributed by atoms with E-state index in [2.05, 4.69) is 16.6 Å². The molecule has 0 aliphatic heterocycles. The molecule has 0 fully saturated rings. The van der Waals surface area contributed by atoms with Gasteiger partial charge in [-0.25, -0.2) is 0 Å². The first-order valence-electron chi connectivity index (χ1n) is 4.88. The molecule has 4 heteroatoms. The summed E-state index contributed by atoms with van der Waals surface area (Å²) in [5.41, 5.74) is 5.51. The molecule has 0 bridgehead atoms. The van der Waals surface area contributed by atoms with Crippen LogP contribution in [0.5, 0.6) is 0 Å². The Bertz CT molecular complexity index is 198. The van der Waals surface area contributed by atoms with Crippen LogP contribution in [-0.2, 0) is 4.79 Å². The van der Waals surface area contributed by atoms with Gasteiger partial charge in [0.15, 0.2) is 0 Å². The summed E-state index contributed by atoms with van der Waals surface area (Å²) in [5.74, 6) is 2.55. The van der Waals surface area contributed by atoms with Gasteiger partial charge in [0, 0.05) is 38.5 Å². The Hall–Kier alpha value is -1.05. The number of carbonyl (C=O) groups is 1. The lowest BCUT2D eigenvalue weighted by atomic mass is 10.2. The Morgan fingerprint density at radius 2 is 2.36 bits per heavy atom. The standard InChI is InChI=1S/C10H19N3O/c1-3-5-6-13-9(8-11)7-10(14)12-4-2/h1,9,13H,4-8,11H2,2H3,(H,12,14). The number of hydrogen-bond acceptors (Lipinski definition) is 3. The molecule has 0 radical (unpaired) electrons. The van der Waals surface area contributed by atoms with Crippen molar-refractivity contribution in [1.29, 1.82) is 0 Å². The van der Waals surface area contributed by atoms with Crippen molar-refractivity contribution in [3.8, 4) is 12.3 Å². The van der Waals surface area contributed by atoms with Crippen LogP contribution >= 0.6 is 0 Å². The zero-order valence-corrected chi connectivity index (χ0v) is 8.68. The monoisotopic (exact) mass is 197 g/mol. The first-order chi connectivity index (χ1) is 6.74. The maximum Gasteiger partial charge on any atom is 0.221 e. The maximum atomic E-state index is 11.2. The minimum Gasteiger partial charge on any atom is -0.356 e. The predicted octanol–water partition coefficient (Wildman–Crippen LogP) is -0.547. The van der Waals surface area contributed by atoms with Crippen molar-refractivity contribution in [2.45, 2.75) is 25.8 Å². The van der Waals surface area contributed by atoms with Crippen molar-refractivity contribution in [2.24, 2.45) is 5.73 Å². The smallest absolute Gasteiger partial charge is 0.221 e. The molecular weight excluding hydrogens is 178 g/mol. The summed E-state index contributed by atoms with van der Waals surface area (Å²) in [6, 6.07) is 0.0231. The minimum absolute atomic E-state index is 0.0231. The minimum atomic E-state index is 0.0231. The zero-order chi connectivity index (χ0) is 10.8. The third-order valence-electron chi connectivity index (χ3n) is 1.79. The number of nitrogens with one attached hydrogen (secondary N) is 2. The lowest BCUT2D eigenvalue weighted by Crippen LogP contribution is -2.41. The van der Waals surface area contributed by atoms with Crippen LogP contribution in [0.15, 0.2) is 0 Å². The van der Waals surface area contributed by atoms with Gasteiger partial charge in [0.1, 0.15) is 0 Å². The van der Waals surface area contributed by atoms with Gasteiger partial charge in [-0.05, 0) is 6.92 Å². The molecule has 0 aromatic carbocycles. The topological polar surface area (TPSA) is 67.1 Å². The largest absolute Gasteiger partial charge is 0.356 e. The van der Waals surface area contributed by atoms with Crippen LogP contribution in [0, 0.1) is 12.3 Å². The number of nitrogens with two attached hydrogens (primary N) is 1. The Morgan fingerprint density at radius 3 is 2.86 bits per heavy atom. The average molecular weight is 197 g/mol. The summed E-state index contributed by atoms with van der Waals surface area (Å²) in [7, 11) is 0.